The number of rotatable bonds is 7. The Morgan fingerprint density at radius 3 is 2.70 bits per heavy atom. The lowest BCUT2D eigenvalue weighted by atomic mass is 9.96. The molecule has 3 heterocycles. The van der Waals surface area contributed by atoms with Crippen molar-refractivity contribution < 1.29 is 0 Å². The Morgan fingerprint density at radius 2 is 1.93 bits per heavy atom. The quantitative estimate of drug-likeness (QED) is 0.643. The van der Waals surface area contributed by atoms with Crippen molar-refractivity contribution in [3.8, 4) is 0 Å². The van der Waals surface area contributed by atoms with Crippen LogP contribution in [0.3, 0.4) is 0 Å². The molecule has 0 N–H and O–H groups in total. The molecule has 0 spiro atoms. The fraction of sp³-hybridized carbons (Fsp3) is 0.455. The first-order valence-electron chi connectivity index (χ1n) is 10.0. The van der Waals surface area contributed by atoms with Crippen molar-refractivity contribution in [3.63, 3.8) is 0 Å². The number of hydrogen-bond acceptors (Lipinski definition) is 3. The molecule has 142 valence electrons. The van der Waals surface area contributed by atoms with Gasteiger partial charge in [-0.15, -0.1) is 0 Å². The second-order valence-electron chi connectivity index (χ2n) is 7.64. The van der Waals surface area contributed by atoms with Crippen molar-refractivity contribution in [2.24, 2.45) is 7.05 Å². The van der Waals surface area contributed by atoms with Gasteiger partial charge in [0.25, 0.3) is 0 Å². The zero-order valence-corrected chi connectivity index (χ0v) is 16.2. The van der Waals surface area contributed by atoms with Gasteiger partial charge in [-0.2, -0.15) is 5.10 Å². The largest absolute Gasteiger partial charge is 0.338 e. The fourth-order valence-corrected chi connectivity index (χ4v) is 4.17. The Morgan fingerprint density at radius 1 is 1.04 bits per heavy atom. The van der Waals surface area contributed by atoms with E-state index in [0.29, 0.717) is 6.04 Å². The topological polar surface area (TPSA) is 38.9 Å². The molecule has 0 amide bonds. The average molecular weight is 364 g/mol. The number of piperidine rings is 1. The molecule has 3 aromatic rings. The predicted octanol–water partition coefficient (Wildman–Crippen LogP) is 3.65. The highest BCUT2D eigenvalue weighted by Gasteiger charge is 2.22. The van der Waals surface area contributed by atoms with Gasteiger partial charge in [0.1, 0.15) is 5.82 Å². The normalized spacial score (nSPS) is 18.0. The first-order valence-corrected chi connectivity index (χ1v) is 10.0. The number of aromatic nitrogens is 4. The Bertz CT molecular complexity index is 836. The van der Waals surface area contributed by atoms with E-state index in [-0.39, 0.29) is 0 Å². The molecular formula is C22H29N5. The van der Waals surface area contributed by atoms with Crippen LogP contribution in [0.1, 0.15) is 42.6 Å². The highest BCUT2D eigenvalue weighted by molar-refractivity contribution is 5.23. The van der Waals surface area contributed by atoms with Crippen molar-refractivity contribution in [1.29, 1.82) is 0 Å². The van der Waals surface area contributed by atoms with Crippen LogP contribution in [0.25, 0.3) is 0 Å². The molecule has 0 saturated carbocycles. The Labute approximate surface area is 161 Å². The van der Waals surface area contributed by atoms with Crippen molar-refractivity contribution >= 4 is 0 Å². The van der Waals surface area contributed by atoms with Crippen LogP contribution >= 0.6 is 0 Å². The van der Waals surface area contributed by atoms with E-state index in [0.717, 1.165) is 19.5 Å². The molecule has 1 atom stereocenters. The minimum absolute atomic E-state index is 0.658. The molecule has 1 aliphatic rings. The summed E-state index contributed by atoms with van der Waals surface area (Å²) < 4.78 is 4.13. The Kier molecular flexibility index (Phi) is 5.68. The van der Waals surface area contributed by atoms with Gasteiger partial charge in [0.2, 0.25) is 0 Å². The molecular weight excluding hydrogens is 334 g/mol. The maximum atomic E-state index is 4.49. The molecule has 1 fully saturated rings. The van der Waals surface area contributed by atoms with Crippen LogP contribution in [-0.2, 0) is 26.6 Å². The summed E-state index contributed by atoms with van der Waals surface area (Å²) in [6.07, 6.45) is 14.0. The van der Waals surface area contributed by atoms with E-state index < -0.39 is 0 Å². The van der Waals surface area contributed by atoms with Crippen LogP contribution in [0.4, 0.5) is 0 Å². The molecule has 2 aromatic heterocycles. The predicted molar refractivity (Wildman–Crippen MR) is 107 cm³/mol. The standard InChI is InChI=1S/C22H29N5/c1-25-15-12-23-22(25)10-9-21-8-2-3-13-26(21)17-19-6-4-7-20(16-19)18-27-14-5-11-24-27/h4-7,11-12,14-16,21H,2-3,8-10,13,17-18H2,1H3/t21-/m1/s1. The fourth-order valence-electron chi connectivity index (χ4n) is 4.17. The van der Waals surface area contributed by atoms with Gasteiger partial charge < -0.3 is 4.57 Å². The number of benzene rings is 1. The maximum Gasteiger partial charge on any atom is 0.108 e. The van der Waals surface area contributed by atoms with Crippen LogP contribution in [0.15, 0.2) is 55.1 Å². The zero-order chi connectivity index (χ0) is 18.5. The number of aryl methyl sites for hydroxylation is 2. The van der Waals surface area contributed by atoms with Crippen LogP contribution in [0, 0.1) is 0 Å². The van der Waals surface area contributed by atoms with Gasteiger partial charge in [-0.05, 0) is 43.0 Å². The van der Waals surface area contributed by atoms with E-state index >= 15 is 0 Å². The lowest BCUT2D eigenvalue weighted by molar-refractivity contribution is 0.132. The molecule has 27 heavy (non-hydrogen) atoms. The molecule has 0 radical (unpaired) electrons. The van der Waals surface area contributed by atoms with Crippen LogP contribution < -0.4 is 0 Å². The molecule has 0 bridgehead atoms. The van der Waals surface area contributed by atoms with Crippen LogP contribution in [0.5, 0.6) is 0 Å². The summed E-state index contributed by atoms with van der Waals surface area (Å²) >= 11 is 0. The summed E-state index contributed by atoms with van der Waals surface area (Å²) in [5, 5.41) is 4.32. The highest BCUT2D eigenvalue weighted by atomic mass is 15.3. The van der Waals surface area contributed by atoms with E-state index in [9.17, 15) is 0 Å². The number of imidazole rings is 1. The lowest BCUT2D eigenvalue weighted by Crippen LogP contribution is -2.39. The number of likely N-dealkylation sites (tertiary alicyclic amines) is 1. The van der Waals surface area contributed by atoms with Gasteiger partial charge in [-0.3, -0.25) is 9.58 Å². The minimum atomic E-state index is 0.658. The third-order valence-corrected chi connectivity index (χ3v) is 5.65. The highest BCUT2D eigenvalue weighted by Crippen LogP contribution is 2.23. The van der Waals surface area contributed by atoms with Gasteiger partial charge in [0.05, 0.1) is 6.54 Å². The summed E-state index contributed by atoms with van der Waals surface area (Å²) in [6, 6.07) is 11.6. The first-order chi connectivity index (χ1) is 13.3. The minimum Gasteiger partial charge on any atom is -0.338 e. The molecule has 1 aliphatic heterocycles. The second kappa shape index (κ2) is 8.53. The molecule has 5 heteroatoms. The SMILES string of the molecule is Cn1ccnc1CC[C@H]1CCCCN1Cc1cccc(Cn2cccn2)c1. The zero-order valence-electron chi connectivity index (χ0n) is 16.2. The van der Waals surface area contributed by atoms with E-state index in [4.69, 9.17) is 0 Å². The third-order valence-electron chi connectivity index (χ3n) is 5.65. The Hall–Kier alpha value is -2.40. The van der Waals surface area contributed by atoms with E-state index in [1.807, 2.05) is 35.5 Å². The molecule has 0 aliphatic carbocycles. The molecule has 5 nitrogen and oxygen atoms in total. The van der Waals surface area contributed by atoms with Crippen LogP contribution in [-0.4, -0.2) is 36.8 Å². The Balaban J connectivity index is 1.39. The molecule has 1 aromatic carbocycles. The summed E-state index contributed by atoms with van der Waals surface area (Å²) in [5.74, 6) is 1.20. The van der Waals surface area contributed by atoms with E-state index in [1.165, 1.54) is 49.2 Å². The van der Waals surface area contributed by atoms with Gasteiger partial charge in [-0.25, -0.2) is 4.98 Å². The third kappa shape index (κ3) is 4.66. The first kappa shape index (κ1) is 18.0. The van der Waals surface area contributed by atoms with E-state index in [2.05, 4.69) is 50.9 Å². The van der Waals surface area contributed by atoms with E-state index in [1.54, 1.807) is 0 Å². The average Bonchev–Trinajstić information content (AvgIpc) is 3.33. The van der Waals surface area contributed by atoms with Crippen molar-refractivity contribution in [2.45, 2.75) is 51.2 Å². The number of hydrogen-bond donors (Lipinski definition) is 0. The second-order valence-corrected chi connectivity index (χ2v) is 7.64. The maximum absolute atomic E-state index is 4.49. The summed E-state index contributed by atoms with van der Waals surface area (Å²) in [5.41, 5.74) is 2.72. The van der Waals surface area contributed by atoms with Crippen molar-refractivity contribution in [3.05, 3.63) is 72.1 Å². The van der Waals surface area contributed by atoms with Gasteiger partial charge in [-0.1, -0.05) is 30.7 Å². The lowest BCUT2D eigenvalue weighted by Gasteiger charge is -2.36. The summed E-state index contributed by atoms with van der Waals surface area (Å²) in [4.78, 5) is 7.17. The summed E-state index contributed by atoms with van der Waals surface area (Å²) in [7, 11) is 2.09. The number of nitrogens with zero attached hydrogens (tertiary/aromatic N) is 5. The summed E-state index contributed by atoms with van der Waals surface area (Å²) in [6.45, 7) is 3.08. The monoisotopic (exact) mass is 363 g/mol. The van der Waals surface area contributed by atoms with Crippen molar-refractivity contribution in [1.82, 2.24) is 24.2 Å². The van der Waals surface area contributed by atoms with Gasteiger partial charge in [0.15, 0.2) is 0 Å². The van der Waals surface area contributed by atoms with Gasteiger partial charge in [0, 0.05) is 50.8 Å². The van der Waals surface area contributed by atoms with Crippen molar-refractivity contribution in [2.75, 3.05) is 6.54 Å². The molecule has 0 unspecified atom stereocenters. The molecule has 1 saturated heterocycles. The smallest absolute Gasteiger partial charge is 0.108 e. The van der Waals surface area contributed by atoms with Gasteiger partial charge >= 0.3 is 0 Å². The molecule has 4 rings (SSSR count). The van der Waals surface area contributed by atoms with Crippen LogP contribution in [0.2, 0.25) is 0 Å².